The Labute approximate surface area is 167 Å². The van der Waals surface area contributed by atoms with E-state index in [0.717, 1.165) is 44.0 Å². The smallest absolute Gasteiger partial charge is 0.155 e. The lowest BCUT2D eigenvalue weighted by atomic mass is 10.1. The van der Waals surface area contributed by atoms with E-state index in [9.17, 15) is 8.42 Å². The van der Waals surface area contributed by atoms with Gasteiger partial charge in [0, 0.05) is 5.92 Å². The van der Waals surface area contributed by atoms with Gasteiger partial charge in [-0.15, -0.1) is 0 Å². The normalized spacial score (nSPS) is 28.1. The van der Waals surface area contributed by atoms with Crippen molar-refractivity contribution in [1.29, 1.82) is 0 Å². The van der Waals surface area contributed by atoms with Crippen LogP contribution in [0.1, 0.15) is 37.6 Å². The number of nitrogens with one attached hydrogen (secondary N) is 1. The summed E-state index contributed by atoms with van der Waals surface area (Å²) in [6.45, 7) is 12.3. The van der Waals surface area contributed by atoms with E-state index in [0.29, 0.717) is 17.5 Å². The van der Waals surface area contributed by atoms with Gasteiger partial charge in [-0.25, -0.2) is 13.1 Å². The third-order valence-electron chi connectivity index (χ3n) is 5.50. The highest BCUT2D eigenvalue weighted by Crippen LogP contribution is 2.29. The number of rotatable bonds is 7. The third kappa shape index (κ3) is 5.44. The van der Waals surface area contributed by atoms with Crippen LogP contribution >= 0.6 is 11.6 Å². The van der Waals surface area contributed by atoms with Crippen molar-refractivity contribution in [2.75, 3.05) is 44.3 Å². The molecule has 0 radical (unpaired) electrons. The summed E-state index contributed by atoms with van der Waals surface area (Å²) >= 11 is 6.56. The average molecular weight is 421 g/mol. The molecule has 7 nitrogen and oxygen atoms in total. The lowest BCUT2D eigenvalue weighted by molar-refractivity contribution is -0.917. The van der Waals surface area contributed by atoms with Gasteiger partial charge in [0.15, 0.2) is 15.9 Å². The number of nitrogens with zero attached hydrogens (tertiary/aromatic N) is 2. The Balaban J connectivity index is 1.54. The summed E-state index contributed by atoms with van der Waals surface area (Å²) in [6.07, 6.45) is 0.859. The zero-order valence-electron chi connectivity index (χ0n) is 16.6. The number of aryl methyl sites for hydroxylation is 1. The second-order valence-corrected chi connectivity index (χ2v) is 11.0. The number of morpholine rings is 1. The predicted molar refractivity (Wildman–Crippen MR) is 105 cm³/mol. The molecule has 1 unspecified atom stereocenters. The highest BCUT2D eigenvalue weighted by Gasteiger charge is 2.32. The Kier molecular flexibility index (Phi) is 6.84. The van der Waals surface area contributed by atoms with E-state index >= 15 is 0 Å². The Bertz CT molecular complexity index is 750. The van der Waals surface area contributed by atoms with Crippen LogP contribution in [0.3, 0.4) is 0 Å². The summed E-state index contributed by atoms with van der Waals surface area (Å²) in [5.41, 5.74) is 1.89. The van der Waals surface area contributed by atoms with Gasteiger partial charge in [0.1, 0.15) is 31.3 Å². The number of nitrogens with two attached hydrogens (primary N) is 1. The van der Waals surface area contributed by atoms with Gasteiger partial charge in [-0.2, -0.15) is 5.10 Å². The topological polar surface area (TPSA) is 82.2 Å². The summed E-state index contributed by atoms with van der Waals surface area (Å²) in [5, 5.41) is 7.35. The van der Waals surface area contributed by atoms with Gasteiger partial charge in [0.25, 0.3) is 0 Å². The van der Waals surface area contributed by atoms with Crippen LogP contribution in [-0.4, -0.2) is 68.6 Å². The summed E-state index contributed by atoms with van der Waals surface area (Å²) in [4.78, 5) is 1.62. The summed E-state index contributed by atoms with van der Waals surface area (Å²) in [6, 6.07) is -0.134. The molecule has 2 aliphatic heterocycles. The fraction of sp³-hybridized carbons (Fsp3) is 0.833. The van der Waals surface area contributed by atoms with E-state index in [1.54, 1.807) is 9.58 Å². The maximum atomic E-state index is 11.8. The van der Waals surface area contributed by atoms with E-state index in [-0.39, 0.29) is 23.7 Å². The van der Waals surface area contributed by atoms with E-state index in [4.69, 9.17) is 16.3 Å². The minimum atomic E-state index is -2.96. The molecule has 154 valence electrons. The SMILES string of the molecule is Cc1nn([C@H]2CCS(=O)(=O)C2)c(Cl)c1C[NH2+]C[C@H]1C[NH+](CC(C)C)CCO1. The molecule has 0 spiro atoms. The quantitative estimate of drug-likeness (QED) is 0.605. The van der Waals surface area contributed by atoms with Gasteiger partial charge in [-0.1, -0.05) is 25.4 Å². The van der Waals surface area contributed by atoms with E-state index in [1.807, 2.05) is 6.92 Å². The van der Waals surface area contributed by atoms with Gasteiger partial charge in [-0.3, -0.25) is 0 Å². The van der Waals surface area contributed by atoms with Crippen molar-refractivity contribution in [2.45, 2.75) is 45.9 Å². The van der Waals surface area contributed by atoms with Gasteiger partial charge in [-0.05, 0) is 13.3 Å². The number of aromatic nitrogens is 2. The fourth-order valence-electron chi connectivity index (χ4n) is 4.18. The Morgan fingerprint density at radius 3 is 2.89 bits per heavy atom. The zero-order chi connectivity index (χ0) is 19.6. The molecule has 1 aromatic heterocycles. The van der Waals surface area contributed by atoms with E-state index < -0.39 is 9.84 Å². The van der Waals surface area contributed by atoms with Crippen LogP contribution < -0.4 is 10.2 Å². The first kappa shape index (κ1) is 21.0. The molecule has 3 atom stereocenters. The molecule has 2 aliphatic rings. The molecular weight excluding hydrogens is 388 g/mol. The van der Waals surface area contributed by atoms with Crippen molar-refractivity contribution in [1.82, 2.24) is 9.78 Å². The minimum absolute atomic E-state index is 0.134. The van der Waals surface area contributed by atoms with Crippen LogP contribution in [-0.2, 0) is 21.1 Å². The average Bonchev–Trinajstić information content (AvgIpc) is 3.08. The summed E-state index contributed by atoms with van der Waals surface area (Å²) < 4.78 is 31.1. The van der Waals surface area contributed by atoms with Crippen molar-refractivity contribution in [3.8, 4) is 0 Å². The summed E-state index contributed by atoms with van der Waals surface area (Å²) in [7, 11) is -2.96. The van der Waals surface area contributed by atoms with Crippen molar-refractivity contribution in [2.24, 2.45) is 5.92 Å². The maximum absolute atomic E-state index is 11.8. The molecule has 2 fully saturated rings. The number of halogens is 1. The number of hydrogen-bond donors (Lipinski definition) is 2. The third-order valence-corrected chi connectivity index (χ3v) is 7.65. The molecule has 3 N–H and O–H groups in total. The predicted octanol–water partition coefficient (Wildman–Crippen LogP) is -0.792. The minimum Gasteiger partial charge on any atom is -0.361 e. The molecule has 3 heterocycles. The number of sulfone groups is 1. The van der Waals surface area contributed by atoms with Gasteiger partial charge in [0.05, 0.1) is 42.0 Å². The molecule has 0 aromatic carbocycles. The largest absolute Gasteiger partial charge is 0.361 e. The highest BCUT2D eigenvalue weighted by atomic mass is 35.5. The van der Waals surface area contributed by atoms with Gasteiger partial charge < -0.3 is 15.0 Å². The molecule has 0 bridgehead atoms. The molecule has 3 rings (SSSR count). The Morgan fingerprint density at radius 1 is 1.44 bits per heavy atom. The molecule has 27 heavy (non-hydrogen) atoms. The van der Waals surface area contributed by atoms with Crippen LogP contribution in [0.4, 0.5) is 0 Å². The molecular formula is C18H33ClN4O3S+2. The van der Waals surface area contributed by atoms with Crippen molar-refractivity contribution < 1.29 is 23.4 Å². The zero-order valence-corrected chi connectivity index (χ0v) is 18.2. The molecule has 0 saturated carbocycles. The second-order valence-electron chi connectivity index (χ2n) is 8.38. The first-order valence-electron chi connectivity index (χ1n) is 9.96. The van der Waals surface area contributed by atoms with Gasteiger partial charge >= 0.3 is 0 Å². The maximum Gasteiger partial charge on any atom is 0.155 e. The van der Waals surface area contributed by atoms with Crippen LogP contribution in [0.5, 0.6) is 0 Å². The van der Waals surface area contributed by atoms with Crippen LogP contribution in [0.15, 0.2) is 0 Å². The van der Waals surface area contributed by atoms with Crippen molar-refractivity contribution >= 4 is 21.4 Å². The second kappa shape index (κ2) is 8.78. The number of hydrogen-bond acceptors (Lipinski definition) is 4. The fourth-order valence-corrected chi connectivity index (χ4v) is 6.26. The monoisotopic (exact) mass is 420 g/mol. The first-order chi connectivity index (χ1) is 12.7. The molecule has 2 saturated heterocycles. The first-order valence-corrected chi connectivity index (χ1v) is 12.2. The Morgan fingerprint density at radius 2 is 2.22 bits per heavy atom. The van der Waals surface area contributed by atoms with Crippen LogP contribution in [0.25, 0.3) is 0 Å². The Hall–Kier alpha value is -0.670. The van der Waals surface area contributed by atoms with E-state index in [2.05, 4.69) is 24.3 Å². The number of ether oxygens (including phenoxy) is 1. The molecule has 0 aliphatic carbocycles. The summed E-state index contributed by atoms with van der Waals surface area (Å²) in [5.74, 6) is 1.07. The molecule has 0 amide bonds. The van der Waals surface area contributed by atoms with Crippen LogP contribution in [0, 0.1) is 12.8 Å². The van der Waals surface area contributed by atoms with Gasteiger partial charge in [0.2, 0.25) is 0 Å². The lowest BCUT2D eigenvalue weighted by Gasteiger charge is -2.30. The highest BCUT2D eigenvalue weighted by molar-refractivity contribution is 7.91. The van der Waals surface area contributed by atoms with E-state index in [1.165, 1.54) is 6.54 Å². The van der Waals surface area contributed by atoms with Crippen molar-refractivity contribution in [3.63, 3.8) is 0 Å². The van der Waals surface area contributed by atoms with Crippen molar-refractivity contribution in [3.05, 3.63) is 16.4 Å². The number of quaternary nitrogens is 2. The van der Waals surface area contributed by atoms with Crippen LogP contribution in [0.2, 0.25) is 5.15 Å². The molecule has 1 aromatic rings. The molecule has 9 heteroatoms. The lowest BCUT2D eigenvalue weighted by Crippen LogP contribution is -3.16. The standard InChI is InChI=1S/C18H31ClN4O3S/c1-13(2)10-22-5-6-26-16(11-22)8-20-9-17-14(3)21-23(18(17)19)15-4-7-27(24,25)12-15/h13,15-16,20H,4-12H2,1-3H3/p+2/t15-,16-/m0/s1.